The van der Waals surface area contributed by atoms with Crippen molar-refractivity contribution < 1.29 is 14.4 Å². The van der Waals surface area contributed by atoms with Crippen LogP contribution in [-0.4, -0.2) is 50.8 Å². The molecule has 6 rings (SSSR count). The fourth-order valence-corrected chi connectivity index (χ4v) is 5.40. The van der Waals surface area contributed by atoms with Crippen molar-refractivity contribution in [3.05, 3.63) is 87.7 Å². The minimum atomic E-state index is -0.256. The molecule has 0 unspecified atom stereocenters. The van der Waals surface area contributed by atoms with Gasteiger partial charge in [-0.1, -0.05) is 40.2 Å². The molecule has 188 valence electrons. The molecule has 4 aromatic rings. The maximum atomic E-state index is 12.3. The lowest BCUT2D eigenvalue weighted by atomic mass is 9.88. The van der Waals surface area contributed by atoms with Crippen molar-refractivity contribution in [3.8, 4) is 5.75 Å². The van der Waals surface area contributed by atoms with Crippen molar-refractivity contribution in [2.24, 2.45) is 0 Å². The van der Waals surface area contributed by atoms with Gasteiger partial charge in [0.1, 0.15) is 11.0 Å². The summed E-state index contributed by atoms with van der Waals surface area (Å²) in [6, 6.07) is 15.6. The fourth-order valence-electron chi connectivity index (χ4n) is 5.21. The minimum Gasteiger partial charge on any atom is -0.450 e. The number of rotatable bonds is 3. The third-order valence-corrected chi connectivity index (χ3v) is 7.22. The Hall–Kier alpha value is -3.91. The smallest absolute Gasteiger partial charge is 0.409 e. The number of hydrogen-bond acceptors (Lipinski definition) is 6. The number of para-hydroxylation sites is 1. The summed E-state index contributed by atoms with van der Waals surface area (Å²) in [4.78, 5) is 26.7. The second-order valence-electron chi connectivity index (χ2n) is 9.14. The van der Waals surface area contributed by atoms with Crippen LogP contribution in [0.2, 0.25) is 5.02 Å². The number of likely N-dealkylation sites (tertiary alicyclic amines) is 1. The first-order valence-electron chi connectivity index (χ1n) is 12.5. The third-order valence-electron chi connectivity index (χ3n) is 6.98. The van der Waals surface area contributed by atoms with E-state index < -0.39 is 0 Å². The summed E-state index contributed by atoms with van der Waals surface area (Å²) >= 11 is 6.41. The number of benzene rings is 2. The normalized spacial score (nSPS) is 15.2. The number of carbonyl (C=O) groups is 1. The molecule has 37 heavy (non-hydrogen) atoms. The highest BCUT2D eigenvalue weighted by atomic mass is 35.5. The van der Waals surface area contributed by atoms with E-state index in [4.69, 9.17) is 26.2 Å². The van der Waals surface area contributed by atoms with Crippen LogP contribution in [-0.2, 0) is 17.6 Å². The number of nitrogens with zero attached hydrogens (tertiary/aromatic N) is 5. The Morgan fingerprint density at radius 3 is 2.73 bits per heavy atom. The van der Waals surface area contributed by atoms with Gasteiger partial charge in [-0.05, 0) is 73.2 Å². The predicted octanol–water partition coefficient (Wildman–Crippen LogP) is 5.47. The fraction of sp³-hybridized carbons (Fsp3) is 0.286. The highest BCUT2D eigenvalue weighted by molar-refractivity contribution is 6.30. The van der Waals surface area contributed by atoms with E-state index in [0.717, 1.165) is 59.1 Å². The van der Waals surface area contributed by atoms with E-state index in [1.165, 1.54) is 16.0 Å². The van der Waals surface area contributed by atoms with Crippen LogP contribution in [0.25, 0.3) is 16.6 Å². The maximum Gasteiger partial charge on any atom is 0.409 e. The molecule has 0 atom stereocenters. The zero-order chi connectivity index (χ0) is 25.4. The van der Waals surface area contributed by atoms with Crippen molar-refractivity contribution >= 4 is 34.3 Å². The largest absolute Gasteiger partial charge is 0.450 e. The second-order valence-corrected chi connectivity index (χ2v) is 9.58. The molecule has 0 saturated carbocycles. The van der Waals surface area contributed by atoms with Crippen LogP contribution in [0.3, 0.4) is 0 Å². The number of fused-ring (bicyclic) bond motifs is 3. The van der Waals surface area contributed by atoms with E-state index in [0.29, 0.717) is 30.5 Å². The minimum absolute atomic E-state index is 0.256. The molecule has 0 bridgehead atoms. The Bertz CT molecular complexity index is 1520. The molecule has 1 saturated heterocycles. The molecule has 0 radical (unpaired) electrons. The number of pyridine rings is 1. The SMILES string of the molecule is CCOC(=O)N1CCC(=C2c3ccc(Cl)cc3CCc3c(On4nnc5ccccc54)ccnc32)CC1. The Kier molecular flexibility index (Phi) is 6.26. The van der Waals surface area contributed by atoms with E-state index in [1.807, 2.05) is 49.4 Å². The molecule has 0 spiro atoms. The molecular formula is C28H26ClN5O3. The van der Waals surface area contributed by atoms with Crippen molar-refractivity contribution in [1.29, 1.82) is 0 Å². The number of aromatic nitrogens is 4. The average Bonchev–Trinajstić information content (AvgIpc) is 3.24. The van der Waals surface area contributed by atoms with Crippen molar-refractivity contribution in [2.45, 2.75) is 32.6 Å². The van der Waals surface area contributed by atoms with Crippen LogP contribution in [0.4, 0.5) is 4.79 Å². The van der Waals surface area contributed by atoms with E-state index in [-0.39, 0.29) is 6.09 Å². The highest BCUT2D eigenvalue weighted by Gasteiger charge is 2.28. The van der Waals surface area contributed by atoms with E-state index >= 15 is 0 Å². The molecule has 2 aromatic carbocycles. The summed E-state index contributed by atoms with van der Waals surface area (Å²) in [7, 11) is 0. The number of piperidine rings is 1. The van der Waals surface area contributed by atoms with Crippen LogP contribution < -0.4 is 4.84 Å². The number of amides is 1. The van der Waals surface area contributed by atoms with Crippen LogP contribution in [0.1, 0.15) is 42.1 Å². The number of carbonyl (C=O) groups excluding carboxylic acids is 1. The first kappa shape index (κ1) is 23.5. The van der Waals surface area contributed by atoms with Gasteiger partial charge in [0, 0.05) is 41.5 Å². The summed E-state index contributed by atoms with van der Waals surface area (Å²) < 4.78 is 5.22. The quantitative estimate of drug-likeness (QED) is 0.359. The number of halogens is 1. The molecule has 1 amide bonds. The van der Waals surface area contributed by atoms with Crippen LogP contribution in [0.15, 0.2) is 60.3 Å². The molecular weight excluding hydrogens is 490 g/mol. The van der Waals surface area contributed by atoms with Gasteiger partial charge in [0.25, 0.3) is 0 Å². The lowest BCUT2D eigenvalue weighted by molar-refractivity contribution is 0.104. The number of ether oxygens (including phenoxy) is 1. The third kappa shape index (κ3) is 4.42. The number of aryl methyl sites for hydroxylation is 1. The summed E-state index contributed by atoms with van der Waals surface area (Å²) in [5, 5.41) is 9.14. The summed E-state index contributed by atoms with van der Waals surface area (Å²) in [6.07, 6.45) is 4.56. The average molecular weight is 516 g/mol. The first-order chi connectivity index (χ1) is 18.1. The van der Waals surface area contributed by atoms with Crippen LogP contribution in [0.5, 0.6) is 5.75 Å². The molecule has 9 heteroatoms. The lowest BCUT2D eigenvalue weighted by Crippen LogP contribution is -2.37. The van der Waals surface area contributed by atoms with Gasteiger partial charge in [0.2, 0.25) is 0 Å². The first-order valence-corrected chi connectivity index (χ1v) is 12.9. The van der Waals surface area contributed by atoms with Gasteiger partial charge in [-0.2, -0.15) is 0 Å². The highest BCUT2D eigenvalue weighted by Crippen LogP contribution is 2.41. The molecule has 8 nitrogen and oxygen atoms in total. The van der Waals surface area contributed by atoms with Gasteiger partial charge in [0.15, 0.2) is 5.75 Å². The van der Waals surface area contributed by atoms with Crippen LogP contribution >= 0.6 is 11.6 Å². The standard InChI is InChI=1S/C28H26ClN5O3/c1-2-36-28(35)33-15-12-18(13-16-33)26-21-10-8-20(29)17-19(21)7-9-22-25(11-14-30-27(22)26)37-34-24-6-4-3-5-23(24)31-32-34/h3-6,8,10-11,14,17H,2,7,9,12-13,15-16H2,1H3. The monoisotopic (exact) mass is 515 g/mol. The van der Waals surface area contributed by atoms with Crippen LogP contribution in [0, 0.1) is 0 Å². The van der Waals surface area contributed by atoms with E-state index in [1.54, 1.807) is 11.1 Å². The zero-order valence-corrected chi connectivity index (χ0v) is 21.2. The summed E-state index contributed by atoms with van der Waals surface area (Å²) in [5.74, 6) is 0.696. The van der Waals surface area contributed by atoms with E-state index in [9.17, 15) is 4.79 Å². The Morgan fingerprint density at radius 2 is 1.89 bits per heavy atom. The maximum absolute atomic E-state index is 12.3. The van der Waals surface area contributed by atoms with Gasteiger partial charge in [-0.15, -0.1) is 5.10 Å². The van der Waals surface area contributed by atoms with Crippen molar-refractivity contribution in [2.75, 3.05) is 19.7 Å². The van der Waals surface area contributed by atoms with Gasteiger partial charge >= 0.3 is 6.09 Å². The Labute approximate surface area is 219 Å². The topological polar surface area (TPSA) is 82.4 Å². The Morgan fingerprint density at radius 1 is 1.05 bits per heavy atom. The number of hydrogen-bond donors (Lipinski definition) is 0. The molecule has 3 heterocycles. The molecule has 1 fully saturated rings. The molecule has 1 aliphatic carbocycles. The zero-order valence-electron chi connectivity index (χ0n) is 20.5. The van der Waals surface area contributed by atoms with Gasteiger partial charge in [-0.25, -0.2) is 4.79 Å². The van der Waals surface area contributed by atoms with Crippen molar-refractivity contribution in [1.82, 2.24) is 25.0 Å². The molecule has 2 aromatic heterocycles. The lowest BCUT2D eigenvalue weighted by Gasteiger charge is -2.29. The van der Waals surface area contributed by atoms with Crippen molar-refractivity contribution in [3.63, 3.8) is 0 Å². The Balaban J connectivity index is 1.43. The molecule has 1 aliphatic heterocycles. The molecule has 0 N–H and O–H groups in total. The van der Waals surface area contributed by atoms with Gasteiger partial charge < -0.3 is 14.5 Å². The van der Waals surface area contributed by atoms with Gasteiger partial charge in [0.05, 0.1) is 12.3 Å². The second kappa shape index (κ2) is 9.86. The summed E-state index contributed by atoms with van der Waals surface area (Å²) in [5.41, 5.74) is 8.17. The summed E-state index contributed by atoms with van der Waals surface area (Å²) in [6.45, 7) is 3.42. The molecule has 2 aliphatic rings. The van der Waals surface area contributed by atoms with E-state index in [2.05, 4.69) is 16.4 Å². The van der Waals surface area contributed by atoms with Gasteiger partial charge in [-0.3, -0.25) is 4.98 Å². The predicted molar refractivity (Wildman–Crippen MR) is 141 cm³/mol.